The van der Waals surface area contributed by atoms with E-state index in [9.17, 15) is 0 Å². The van der Waals surface area contributed by atoms with E-state index in [1.165, 1.54) is 0 Å². The van der Waals surface area contributed by atoms with Crippen LogP contribution in [0, 0.1) is 0 Å². The van der Waals surface area contributed by atoms with Gasteiger partial charge in [-0.1, -0.05) is 31.5 Å². The fourth-order valence-electron chi connectivity index (χ4n) is 1.68. The van der Waals surface area contributed by atoms with Crippen molar-refractivity contribution in [1.29, 1.82) is 0 Å². The van der Waals surface area contributed by atoms with Gasteiger partial charge in [-0.05, 0) is 28.1 Å². The molecule has 3 nitrogen and oxygen atoms in total. The summed E-state index contributed by atoms with van der Waals surface area (Å²) in [5, 5.41) is 8.44. The van der Waals surface area contributed by atoms with Gasteiger partial charge in [-0.15, -0.1) is 0 Å². The van der Waals surface area contributed by atoms with Crippen LogP contribution in [0.15, 0.2) is 35.1 Å². The highest BCUT2D eigenvalue weighted by molar-refractivity contribution is 9.10. The predicted molar refractivity (Wildman–Crippen MR) is 78.2 cm³/mol. The van der Waals surface area contributed by atoms with Crippen molar-refractivity contribution in [2.45, 2.75) is 26.4 Å². The molecule has 5 heteroatoms. The molecule has 1 aromatic carbocycles. The summed E-state index contributed by atoms with van der Waals surface area (Å²) in [6.45, 7) is 4.95. The molecule has 0 aliphatic rings. The first kappa shape index (κ1) is 13.6. The zero-order chi connectivity index (χ0) is 13.1. The lowest BCUT2D eigenvalue weighted by molar-refractivity contribution is 0.586. The third-order valence-electron chi connectivity index (χ3n) is 2.58. The van der Waals surface area contributed by atoms with Crippen LogP contribution in [0.4, 0.5) is 0 Å². The van der Waals surface area contributed by atoms with Crippen LogP contribution in [0.1, 0.15) is 19.4 Å². The Bertz CT molecular complexity index is 537. The Kier molecular flexibility index (Phi) is 4.43. The molecule has 0 aliphatic heterocycles. The van der Waals surface area contributed by atoms with Gasteiger partial charge in [-0.2, -0.15) is 5.10 Å². The summed E-state index contributed by atoms with van der Waals surface area (Å²) in [6.07, 6.45) is 3.69. The van der Waals surface area contributed by atoms with Gasteiger partial charge in [0.25, 0.3) is 0 Å². The Balaban J connectivity index is 2.37. The number of aromatic nitrogens is 2. The molecule has 0 saturated heterocycles. The minimum Gasteiger partial charge on any atom is -0.310 e. The fourth-order valence-corrected chi connectivity index (χ4v) is 2.20. The second-order valence-electron chi connectivity index (χ2n) is 4.38. The maximum atomic E-state index is 6.28. The zero-order valence-electron chi connectivity index (χ0n) is 10.3. The number of halogens is 2. The van der Waals surface area contributed by atoms with Crippen molar-refractivity contribution < 1.29 is 0 Å². The molecule has 0 radical (unpaired) electrons. The van der Waals surface area contributed by atoms with Crippen molar-refractivity contribution in [3.8, 4) is 5.69 Å². The van der Waals surface area contributed by atoms with Gasteiger partial charge in [0.2, 0.25) is 0 Å². The van der Waals surface area contributed by atoms with Crippen LogP contribution >= 0.6 is 27.5 Å². The lowest BCUT2D eigenvalue weighted by atomic mass is 10.1. The van der Waals surface area contributed by atoms with E-state index < -0.39 is 0 Å². The zero-order valence-corrected chi connectivity index (χ0v) is 12.7. The van der Waals surface area contributed by atoms with Gasteiger partial charge >= 0.3 is 0 Å². The number of benzene rings is 1. The Morgan fingerprint density at radius 1 is 1.44 bits per heavy atom. The van der Waals surface area contributed by atoms with E-state index in [0.717, 1.165) is 27.3 Å². The molecular formula is C13H15BrClN3. The van der Waals surface area contributed by atoms with Gasteiger partial charge in [-0.3, -0.25) is 0 Å². The van der Waals surface area contributed by atoms with Gasteiger partial charge in [0.1, 0.15) is 0 Å². The largest absolute Gasteiger partial charge is 0.310 e. The fraction of sp³-hybridized carbons (Fsp3) is 0.308. The van der Waals surface area contributed by atoms with Gasteiger partial charge in [0, 0.05) is 29.4 Å². The third-order valence-corrected chi connectivity index (χ3v) is 3.34. The molecular weight excluding hydrogens is 314 g/mol. The van der Waals surface area contributed by atoms with Crippen molar-refractivity contribution in [3.05, 3.63) is 45.7 Å². The van der Waals surface area contributed by atoms with Crippen molar-refractivity contribution >= 4 is 27.5 Å². The molecule has 1 heterocycles. The highest BCUT2D eigenvalue weighted by atomic mass is 79.9. The van der Waals surface area contributed by atoms with Gasteiger partial charge in [-0.25, -0.2) is 4.68 Å². The summed E-state index contributed by atoms with van der Waals surface area (Å²) in [7, 11) is 0. The molecule has 1 N–H and O–H groups in total. The molecule has 96 valence electrons. The Labute approximate surface area is 120 Å². The van der Waals surface area contributed by atoms with Crippen LogP contribution in [-0.4, -0.2) is 15.8 Å². The van der Waals surface area contributed by atoms with Crippen LogP contribution in [-0.2, 0) is 6.54 Å². The number of nitrogens with zero attached hydrogens (tertiary/aromatic N) is 2. The van der Waals surface area contributed by atoms with Crippen LogP contribution in [0.25, 0.3) is 5.69 Å². The first-order valence-corrected chi connectivity index (χ1v) is 6.96. The highest BCUT2D eigenvalue weighted by Gasteiger charge is 2.10. The maximum absolute atomic E-state index is 6.28. The Morgan fingerprint density at radius 3 is 2.83 bits per heavy atom. The van der Waals surface area contributed by atoms with Crippen LogP contribution in [0.3, 0.4) is 0 Å². The molecule has 0 fully saturated rings. The van der Waals surface area contributed by atoms with Gasteiger partial charge in [0.15, 0.2) is 0 Å². The minimum absolute atomic E-state index is 0.415. The summed E-state index contributed by atoms with van der Waals surface area (Å²) in [5.41, 5.74) is 2.06. The quantitative estimate of drug-likeness (QED) is 0.925. The van der Waals surface area contributed by atoms with Crippen molar-refractivity contribution in [1.82, 2.24) is 15.1 Å². The molecule has 0 spiro atoms. The van der Waals surface area contributed by atoms with Crippen LogP contribution in [0.2, 0.25) is 5.02 Å². The van der Waals surface area contributed by atoms with E-state index >= 15 is 0 Å². The average Bonchev–Trinajstić information content (AvgIpc) is 2.73. The van der Waals surface area contributed by atoms with E-state index in [1.807, 2.05) is 29.1 Å². The number of hydrogen-bond donors (Lipinski definition) is 1. The smallest absolute Gasteiger partial charge is 0.0705 e. The van der Waals surface area contributed by atoms with Gasteiger partial charge < -0.3 is 5.32 Å². The van der Waals surface area contributed by atoms with Crippen molar-refractivity contribution in [2.75, 3.05) is 0 Å². The average molecular weight is 329 g/mol. The normalized spacial score (nSPS) is 11.2. The topological polar surface area (TPSA) is 29.9 Å². The standard InChI is InChI=1S/C13H15BrClN3/c1-9(2)16-7-11-12(15)4-3-5-13(11)18-8-10(14)6-17-18/h3-6,8-9,16H,7H2,1-2H3. The molecule has 0 bridgehead atoms. The Hall–Kier alpha value is -0.840. The number of nitrogens with one attached hydrogen (secondary N) is 1. The summed E-state index contributed by atoms with van der Waals surface area (Å²) >= 11 is 9.68. The second kappa shape index (κ2) is 5.87. The molecule has 0 aliphatic carbocycles. The lowest BCUT2D eigenvalue weighted by Crippen LogP contribution is -2.23. The predicted octanol–water partition coefficient (Wildman–Crippen LogP) is 3.79. The highest BCUT2D eigenvalue weighted by Crippen LogP contribution is 2.24. The van der Waals surface area contributed by atoms with Crippen LogP contribution < -0.4 is 5.32 Å². The van der Waals surface area contributed by atoms with E-state index in [1.54, 1.807) is 6.20 Å². The second-order valence-corrected chi connectivity index (χ2v) is 5.70. The summed E-state index contributed by atoms with van der Waals surface area (Å²) in [5.74, 6) is 0. The summed E-state index contributed by atoms with van der Waals surface area (Å²) < 4.78 is 2.78. The molecule has 18 heavy (non-hydrogen) atoms. The van der Waals surface area contributed by atoms with Gasteiger partial charge in [0.05, 0.1) is 16.4 Å². The minimum atomic E-state index is 0.415. The van der Waals surface area contributed by atoms with Crippen molar-refractivity contribution in [3.63, 3.8) is 0 Å². The van der Waals surface area contributed by atoms with E-state index in [4.69, 9.17) is 11.6 Å². The molecule has 0 unspecified atom stereocenters. The van der Waals surface area contributed by atoms with Crippen molar-refractivity contribution in [2.24, 2.45) is 0 Å². The molecule has 0 atom stereocenters. The molecule has 1 aromatic heterocycles. The monoisotopic (exact) mass is 327 g/mol. The number of hydrogen-bond acceptors (Lipinski definition) is 2. The lowest BCUT2D eigenvalue weighted by Gasteiger charge is -2.14. The third kappa shape index (κ3) is 3.13. The maximum Gasteiger partial charge on any atom is 0.0705 e. The molecule has 2 aromatic rings. The molecule has 2 rings (SSSR count). The summed E-state index contributed by atoms with van der Waals surface area (Å²) in [6, 6.07) is 6.27. The van der Waals surface area contributed by atoms with E-state index in [2.05, 4.69) is 40.2 Å². The van der Waals surface area contributed by atoms with E-state index in [-0.39, 0.29) is 0 Å². The first-order valence-electron chi connectivity index (χ1n) is 5.79. The SMILES string of the molecule is CC(C)NCc1c(Cl)cccc1-n1cc(Br)cn1. The first-order chi connectivity index (χ1) is 8.58. The van der Waals surface area contributed by atoms with Crippen LogP contribution in [0.5, 0.6) is 0 Å². The molecule has 0 amide bonds. The Morgan fingerprint density at radius 2 is 2.22 bits per heavy atom. The van der Waals surface area contributed by atoms with E-state index in [0.29, 0.717) is 6.04 Å². The number of rotatable bonds is 4. The molecule has 0 saturated carbocycles. The summed E-state index contributed by atoms with van der Waals surface area (Å²) in [4.78, 5) is 0.